The fraction of sp³-hybridized carbons (Fsp3) is 0.259. The van der Waals surface area contributed by atoms with Gasteiger partial charge in [-0.3, -0.25) is 0 Å². The third kappa shape index (κ3) is 5.01. The molecular weight excluding hydrogens is 442 g/mol. The Morgan fingerprint density at radius 2 is 1.46 bits per heavy atom. The summed E-state index contributed by atoms with van der Waals surface area (Å²) >= 11 is 0. The number of hydrogen-bond acceptors (Lipinski definition) is 8. The Labute approximate surface area is 204 Å². The van der Waals surface area contributed by atoms with Gasteiger partial charge in [-0.05, 0) is 81.8 Å². The molecular formula is C27H29N5O3. The minimum atomic E-state index is -0.159. The van der Waals surface area contributed by atoms with Crippen LogP contribution in [0.25, 0.3) is 5.57 Å². The summed E-state index contributed by atoms with van der Waals surface area (Å²) in [6.45, 7) is 9.24. The van der Waals surface area contributed by atoms with E-state index < -0.39 is 0 Å². The Kier molecular flexibility index (Phi) is 6.55. The third-order valence-corrected chi connectivity index (χ3v) is 5.97. The number of nitrogens with zero attached hydrogens (tertiary/aromatic N) is 5. The molecule has 1 aliphatic heterocycles. The first-order valence-corrected chi connectivity index (χ1v) is 11.4. The van der Waals surface area contributed by atoms with Gasteiger partial charge in [0.2, 0.25) is 0 Å². The minimum absolute atomic E-state index is 0.0197. The molecule has 0 fully saturated rings. The number of azo groups is 2. The summed E-state index contributed by atoms with van der Waals surface area (Å²) < 4.78 is 5.14. The van der Waals surface area contributed by atoms with Crippen LogP contribution in [0, 0.1) is 0 Å². The van der Waals surface area contributed by atoms with Gasteiger partial charge in [-0.2, -0.15) is 10.2 Å². The predicted molar refractivity (Wildman–Crippen MR) is 138 cm³/mol. The number of allylic oxidation sites excluding steroid dienone is 1. The van der Waals surface area contributed by atoms with Gasteiger partial charge in [0.1, 0.15) is 28.6 Å². The first-order valence-electron chi connectivity index (χ1n) is 11.4. The van der Waals surface area contributed by atoms with Crippen LogP contribution in [0.4, 0.5) is 28.4 Å². The number of methoxy groups -OCH3 is 1. The summed E-state index contributed by atoms with van der Waals surface area (Å²) in [6.07, 6.45) is 2.21. The molecule has 3 aromatic carbocycles. The number of phenols is 2. The van der Waals surface area contributed by atoms with Crippen LogP contribution in [0.1, 0.15) is 33.3 Å². The molecule has 0 saturated carbocycles. The molecule has 180 valence electrons. The largest absolute Gasteiger partial charge is 0.506 e. The molecule has 1 aliphatic rings. The van der Waals surface area contributed by atoms with Gasteiger partial charge >= 0.3 is 0 Å². The third-order valence-electron chi connectivity index (χ3n) is 5.97. The van der Waals surface area contributed by atoms with E-state index in [1.807, 2.05) is 6.07 Å². The van der Waals surface area contributed by atoms with E-state index in [9.17, 15) is 10.2 Å². The molecule has 0 aliphatic carbocycles. The molecule has 0 atom stereocenters. The van der Waals surface area contributed by atoms with Crippen molar-refractivity contribution in [3.63, 3.8) is 0 Å². The zero-order valence-corrected chi connectivity index (χ0v) is 20.5. The molecule has 4 rings (SSSR count). The van der Waals surface area contributed by atoms with Crippen LogP contribution in [0.15, 0.2) is 81.1 Å². The highest BCUT2D eigenvalue weighted by Crippen LogP contribution is 2.44. The molecule has 35 heavy (non-hydrogen) atoms. The van der Waals surface area contributed by atoms with E-state index in [2.05, 4.69) is 59.1 Å². The highest BCUT2D eigenvalue weighted by Gasteiger charge is 2.31. The van der Waals surface area contributed by atoms with Gasteiger partial charge in [-0.15, -0.1) is 10.2 Å². The van der Waals surface area contributed by atoms with Gasteiger partial charge in [-0.25, -0.2) is 0 Å². The van der Waals surface area contributed by atoms with Crippen molar-refractivity contribution in [2.24, 2.45) is 20.5 Å². The Morgan fingerprint density at radius 3 is 2.11 bits per heavy atom. The number of likely N-dealkylation sites (N-methyl/N-ethyl adjacent to an activating group) is 1. The molecule has 8 heteroatoms. The molecule has 0 bridgehead atoms. The van der Waals surface area contributed by atoms with Crippen LogP contribution in [0.2, 0.25) is 0 Å². The van der Waals surface area contributed by atoms with Crippen LogP contribution in [0.3, 0.4) is 0 Å². The van der Waals surface area contributed by atoms with Crippen LogP contribution in [-0.2, 0) is 0 Å². The quantitative estimate of drug-likeness (QED) is 0.356. The Balaban J connectivity index is 1.61. The average molecular weight is 472 g/mol. The number of anilines is 1. The molecule has 0 saturated heterocycles. The van der Waals surface area contributed by atoms with Crippen LogP contribution >= 0.6 is 0 Å². The molecule has 8 nitrogen and oxygen atoms in total. The van der Waals surface area contributed by atoms with E-state index in [0.29, 0.717) is 17.1 Å². The fourth-order valence-corrected chi connectivity index (χ4v) is 4.29. The SMILES string of the molecule is CCN1c2cc(O)c(N=Nc3cc(N=Nc4ccc(OC)cc4)ccc3O)cc2C(C)=CC1(C)C. The number of benzene rings is 3. The summed E-state index contributed by atoms with van der Waals surface area (Å²) in [5.41, 5.74) is 4.59. The second-order valence-electron chi connectivity index (χ2n) is 8.85. The number of ether oxygens (including phenoxy) is 1. The first-order chi connectivity index (χ1) is 16.7. The van der Waals surface area contributed by atoms with Crippen molar-refractivity contribution in [2.75, 3.05) is 18.6 Å². The van der Waals surface area contributed by atoms with Gasteiger partial charge in [0.25, 0.3) is 0 Å². The number of fused-ring (bicyclic) bond motifs is 1. The second-order valence-corrected chi connectivity index (χ2v) is 8.85. The predicted octanol–water partition coefficient (Wildman–Crippen LogP) is 7.96. The zero-order valence-electron chi connectivity index (χ0n) is 20.5. The lowest BCUT2D eigenvalue weighted by Gasteiger charge is -2.42. The van der Waals surface area contributed by atoms with Gasteiger partial charge in [0, 0.05) is 23.9 Å². The maximum Gasteiger partial charge on any atom is 0.145 e. The highest BCUT2D eigenvalue weighted by atomic mass is 16.5. The normalized spacial score (nSPS) is 14.9. The van der Waals surface area contributed by atoms with Gasteiger partial charge in [0.15, 0.2) is 0 Å². The summed E-state index contributed by atoms with van der Waals surface area (Å²) in [7, 11) is 1.60. The van der Waals surface area contributed by atoms with Crippen molar-refractivity contribution in [1.29, 1.82) is 0 Å². The number of phenolic OH excluding ortho intramolecular Hbond substituents is 2. The molecule has 0 unspecified atom stereocenters. The lowest BCUT2D eigenvalue weighted by molar-refractivity contribution is 0.415. The second kappa shape index (κ2) is 9.58. The van der Waals surface area contributed by atoms with E-state index in [1.54, 1.807) is 49.6 Å². The molecule has 3 aromatic rings. The van der Waals surface area contributed by atoms with E-state index in [4.69, 9.17) is 4.74 Å². The summed E-state index contributed by atoms with van der Waals surface area (Å²) in [5.74, 6) is 0.703. The lowest BCUT2D eigenvalue weighted by Crippen LogP contribution is -2.44. The fourth-order valence-electron chi connectivity index (χ4n) is 4.29. The smallest absolute Gasteiger partial charge is 0.145 e. The minimum Gasteiger partial charge on any atom is -0.506 e. The summed E-state index contributed by atoms with van der Waals surface area (Å²) in [5, 5.41) is 37.8. The van der Waals surface area contributed by atoms with Gasteiger partial charge < -0.3 is 19.8 Å². The lowest BCUT2D eigenvalue weighted by atomic mass is 9.88. The monoisotopic (exact) mass is 471 g/mol. The molecule has 2 N–H and O–H groups in total. The van der Waals surface area contributed by atoms with E-state index >= 15 is 0 Å². The van der Waals surface area contributed by atoms with Crippen molar-refractivity contribution in [3.05, 3.63) is 66.2 Å². The van der Waals surface area contributed by atoms with E-state index in [-0.39, 0.29) is 22.7 Å². The maximum absolute atomic E-state index is 10.7. The van der Waals surface area contributed by atoms with Crippen LogP contribution in [0.5, 0.6) is 17.2 Å². The molecule has 0 amide bonds. The van der Waals surface area contributed by atoms with Crippen molar-refractivity contribution in [2.45, 2.75) is 33.2 Å². The topological polar surface area (TPSA) is 102 Å². The molecule has 0 radical (unpaired) electrons. The van der Waals surface area contributed by atoms with Crippen LogP contribution in [-0.4, -0.2) is 29.4 Å². The van der Waals surface area contributed by atoms with Crippen molar-refractivity contribution < 1.29 is 14.9 Å². The molecule has 1 heterocycles. The van der Waals surface area contributed by atoms with Crippen molar-refractivity contribution in [3.8, 4) is 17.2 Å². The number of aromatic hydroxyl groups is 2. The zero-order chi connectivity index (χ0) is 25.2. The highest BCUT2D eigenvalue weighted by molar-refractivity contribution is 5.84. The van der Waals surface area contributed by atoms with Gasteiger partial charge in [-0.1, -0.05) is 6.08 Å². The Hall–Kier alpha value is -4.20. The Bertz CT molecular complexity index is 1330. The maximum atomic E-state index is 10.7. The average Bonchev–Trinajstić information content (AvgIpc) is 2.83. The Morgan fingerprint density at radius 1 is 0.829 bits per heavy atom. The number of hydrogen-bond donors (Lipinski definition) is 2. The van der Waals surface area contributed by atoms with Crippen molar-refractivity contribution >= 4 is 34.0 Å². The summed E-state index contributed by atoms with van der Waals surface area (Å²) in [6, 6.07) is 15.4. The summed E-state index contributed by atoms with van der Waals surface area (Å²) in [4.78, 5) is 2.24. The van der Waals surface area contributed by atoms with Crippen molar-refractivity contribution in [1.82, 2.24) is 0 Å². The number of rotatable bonds is 6. The standard InChI is InChI=1S/C27H29N5O3/c1-6-32-24-15-26(34)23(14-21(24)17(2)16-27(32,3)4)31-30-22-13-19(9-12-25(22)33)29-28-18-7-10-20(35-5)11-8-18/h7-16,33-34H,6H2,1-5H3. The van der Waals surface area contributed by atoms with E-state index in [0.717, 1.165) is 29.1 Å². The van der Waals surface area contributed by atoms with Crippen LogP contribution < -0.4 is 9.64 Å². The van der Waals surface area contributed by atoms with E-state index in [1.165, 1.54) is 6.07 Å². The first kappa shape index (κ1) is 23.9. The van der Waals surface area contributed by atoms with Gasteiger partial charge in [0.05, 0.1) is 24.0 Å². The molecule has 0 aromatic heterocycles. The molecule has 0 spiro atoms.